The summed E-state index contributed by atoms with van der Waals surface area (Å²) in [5.41, 5.74) is 1.23. The van der Waals surface area contributed by atoms with Crippen LogP contribution in [0.25, 0.3) is 0 Å². The first-order valence-electron chi connectivity index (χ1n) is 6.11. The van der Waals surface area contributed by atoms with Gasteiger partial charge in [-0.25, -0.2) is 4.79 Å². The Labute approximate surface area is 110 Å². The zero-order valence-corrected chi connectivity index (χ0v) is 11.3. The number of hydrogen-bond acceptors (Lipinski definition) is 3. The van der Waals surface area contributed by atoms with Crippen molar-refractivity contribution in [2.45, 2.75) is 38.6 Å². The Morgan fingerprint density at radius 1 is 1.61 bits per heavy atom. The summed E-state index contributed by atoms with van der Waals surface area (Å²) in [4.78, 5) is 24.0. The minimum absolute atomic E-state index is 0.0456. The van der Waals surface area contributed by atoms with E-state index in [1.54, 1.807) is 18.3 Å². The number of carboxylic acids is 1. The first-order chi connectivity index (χ1) is 8.54. The molecule has 1 aliphatic carbocycles. The summed E-state index contributed by atoms with van der Waals surface area (Å²) in [6, 6.07) is 1.29. The summed E-state index contributed by atoms with van der Waals surface area (Å²) < 4.78 is 0. The number of aliphatic carboxylic acids is 1. The Balaban J connectivity index is 1.94. The van der Waals surface area contributed by atoms with Gasteiger partial charge in [-0.15, -0.1) is 11.3 Å². The Kier molecular flexibility index (Phi) is 3.71. The second kappa shape index (κ2) is 5.10. The molecule has 98 valence electrons. The molecule has 4 nitrogen and oxygen atoms in total. The summed E-state index contributed by atoms with van der Waals surface area (Å²) in [6.07, 6.45) is 1.25. The molecular formula is C13H17NO3S. The molecule has 5 heteroatoms. The van der Waals surface area contributed by atoms with Crippen molar-refractivity contribution in [1.82, 2.24) is 5.32 Å². The van der Waals surface area contributed by atoms with Crippen LogP contribution in [0.15, 0.2) is 11.4 Å². The number of rotatable bonds is 5. The molecule has 18 heavy (non-hydrogen) atoms. The van der Waals surface area contributed by atoms with Gasteiger partial charge in [0.2, 0.25) is 5.91 Å². The molecule has 2 N–H and O–H groups in total. The molecule has 1 heterocycles. The lowest BCUT2D eigenvalue weighted by atomic mass is 10.1. The van der Waals surface area contributed by atoms with Crippen molar-refractivity contribution in [2.75, 3.05) is 0 Å². The molecule has 1 aliphatic rings. The van der Waals surface area contributed by atoms with Gasteiger partial charge in [0.1, 0.15) is 6.04 Å². The highest BCUT2D eigenvalue weighted by atomic mass is 32.1. The zero-order chi connectivity index (χ0) is 13.3. The van der Waals surface area contributed by atoms with Crippen molar-refractivity contribution in [3.63, 3.8) is 0 Å². The maximum atomic E-state index is 11.9. The lowest BCUT2D eigenvalue weighted by Crippen LogP contribution is -2.41. The smallest absolute Gasteiger partial charge is 0.326 e. The van der Waals surface area contributed by atoms with E-state index < -0.39 is 12.0 Å². The van der Waals surface area contributed by atoms with Crippen LogP contribution in [0.5, 0.6) is 0 Å². The van der Waals surface area contributed by atoms with E-state index in [4.69, 9.17) is 5.11 Å². The quantitative estimate of drug-likeness (QED) is 0.859. The van der Waals surface area contributed by atoms with E-state index in [1.165, 1.54) is 10.4 Å². The van der Waals surface area contributed by atoms with Crippen LogP contribution in [0.1, 0.15) is 36.1 Å². The minimum atomic E-state index is -0.963. The Hall–Kier alpha value is -1.36. The van der Waals surface area contributed by atoms with Crippen LogP contribution in [0.4, 0.5) is 0 Å². The van der Waals surface area contributed by atoms with Crippen molar-refractivity contribution in [3.8, 4) is 0 Å². The third-order valence-electron chi connectivity index (χ3n) is 3.39. The highest BCUT2D eigenvalue weighted by molar-refractivity contribution is 7.10. The highest BCUT2D eigenvalue weighted by Crippen LogP contribution is 2.50. The van der Waals surface area contributed by atoms with Gasteiger partial charge in [0.25, 0.3) is 0 Å². The molecule has 0 aromatic carbocycles. The number of hydrogen-bond donors (Lipinski definition) is 2. The van der Waals surface area contributed by atoms with E-state index in [2.05, 4.69) is 11.4 Å². The number of nitrogens with one attached hydrogen (secondary N) is 1. The van der Waals surface area contributed by atoms with Gasteiger partial charge in [-0.1, -0.05) is 6.92 Å². The minimum Gasteiger partial charge on any atom is -0.480 e. The monoisotopic (exact) mass is 267 g/mol. The normalized spacial score (nSPS) is 23.4. The molecule has 0 radical (unpaired) electrons. The SMILES string of the molecule is CC[C@H](NC(=O)[C@H]1C[C@H]1c1sccc1C)C(=O)O. The number of amides is 1. The predicted molar refractivity (Wildman–Crippen MR) is 69.8 cm³/mol. The average molecular weight is 267 g/mol. The van der Waals surface area contributed by atoms with Gasteiger partial charge >= 0.3 is 5.97 Å². The van der Waals surface area contributed by atoms with E-state index in [0.717, 1.165) is 6.42 Å². The number of thiophene rings is 1. The molecule has 1 aromatic heterocycles. The van der Waals surface area contributed by atoms with Crippen LogP contribution >= 0.6 is 11.3 Å². The molecule has 0 spiro atoms. The largest absolute Gasteiger partial charge is 0.480 e. The van der Waals surface area contributed by atoms with Crippen LogP contribution in [-0.4, -0.2) is 23.0 Å². The average Bonchev–Trinajstić information content (AvgIpc) is 3.01. The predicted octanol–water partition coefficient (Wildman–Crippen LogP) is 2.14. The number of carbonyl (C=O) groups is 2. The van der Waals surface area contributed by atoms with Crippen LogP contribution in [0, 0.1) is 12.8 Å². The van der Waals surface area contributed by atoms with Crippen molar-refractivity contribution in [3.05, 3.63) is 21.9 Å². The molecule has 0 aliphatic heterocycles. The van der Waals surface area contributed by atoms with Crippen LogP contribution in [-0.2, 0) is 9.59 Å². The number of carboxylic acid groups (broad SMARTS) is 1. The van der Waals surface area contributed by atoms with Crippen molar-refractivity contribution in [1.29, 1.82) is 0 Å². The molecule has 1 saturated carbocycles. The first-order valence-corrected chi connectivity index (χ1v) is 6.99. The second-order valence-electron chi connectivity index (χ2n) is 4.72. The molecule has 1 fully saturated rings. The highest BCUT2D eigenvalue weighted by Gasteiger charge is 2.45. The molecule has 2 rings (SSSR count). The van der Waals surface area contributed by atoms with E-state index >= 15 is 0 Å². The van der Waals surface area contributed by atoms with E-state index in [0.29, 0.717) is 6.42 Å². The summed E-state index contributed by atoms with van der Waals surface area (Å²) in [6.45, 7) is 3.80. The Morgan fingerprint density at radius 2 is 2.33 bits per heavy atom. The topological polar surface area (TPSA) is 66.4 Å². The van der Waals surface area contributed by atoms with Gasteiger partial charge < -0.3 is 10.4 Å². The van der Waals surface area contributed by atoms with Gasteiger partial charge in [0.15, 0.2) is 0 Å². The van der Waals surface area contributed by atoms with E-state index in [9.17, 15) is 9.59 Å². The van der Waals surface area contributed by atoms with Gasteiger partial charge in [-0.05, 0) is 36.8 Å². The molecule has 0 unspecified atom stereocenters. The summed E-state index contributed by atoms with van der Waals surface area (Å²) >= 11 is 1.68. The zero-order valence-electron chi connectivity index (χ0n) is 10.5. The van der Waals surface area contributed by atoms with Gasteiger partial charge in [0, 0.05) is 16.7 Å². The molecular weight excluding hydrogens is 250 g/mol. The van der Waals surface area contributed by atoms with E-state index in [1.807, 2.05) is 12.3 Å². The van der Waals surface area contributed by atoms with Gasteiger partial charge in [-0.3, -0.25) is 4.79 Å². The first kappa shape index (κ1) is 13.1. The second-order valence-corrected chi connectivity index (χ2v) is 5.67. The van der Waals surface area contributed by atoms with Gasteiger partial charge in [0.05, 0.1) is 0 Å². The molecule has 1 amide bonds. The van der Waals surface area contributed by atoms with Crippen molar-refractivity contribution >= 4 is 23.2 Å². The third kappa shape index (κ3) is 2.56. The standard InChI is InChI=1S/C13H17NO3S/c1-3-10(13(16)17)14-12(15)9-6-8(9)11-7(2)4-5-18-11/h4-5,8-10H,3,6H2,1-2H3,(H,14,15)(H,16,17)/t8-,9+,10+/m1/s1. The summed E-state index contributed by atoms with van der Waals surface area (Å²) in [5, 5.41) is 13.5. The fraction of sp³-hybridized carbons (Fsp3) is 0.538. The van der Waals surface area contributed by atoms with Crippen LogP contribution in [0.3, 0.4) is 0 Å². The fourth-order valence-electron chi connectivity index (χ4n) is 2.16. The maximum Gasteiger partial charge on any atom is 0.326 e. The lowest BCUT2D eigenvalue weighted by Gasteiger charge is -2.11. The molecule has 0 bridgehead atoms. The number of aryl methyl sites for hydroxylation is 1. The van der Waals surface area contributed by atoms with Crippen LogP contribution in [0.2, 0.25) is 0 Å². The summed E-state index contributed by atoms with van der Waals surface area (Å²) in [5.74, 6) is -0.843. The Bertz CT molecular complexity index is 469. The molecule has 1 aromatic rings. The third-order valence-corrected chi connectivity index (χ3v) is 4.54. The Morgan fingerprint density at radius 3 is 2.83 bits per heavy atom. The van der Waals surface area contributed by atoms with Gasteiger partial charge in [-0.2, -0.15) is 0 Å². The maximum absolute atomic E-state index is 11.9. The summed E-state index contributed by atoms with van der Waals surface area (Å²) in [7, 11) is 0. The van der Waals surface area contributed by atoms with Crippen molar-refractivity contribution < 1.29 is 14.7 Å². The molecule has 3 atom stereocenters. The fourth-order valence-corrected chi connectivity index (χ4v) is 3.26. The molecule has 0 saturated heterocycles. The van der Waals surface area contributed by atoms with E-state index in [-0.39, 0.29) is 17.7 Å². The van der Waals surface area contributed by atoms with Crippen molar-refractivity contribution in [2.24, 2.45) is 5.92 Å². The lowest BCUT2D eigenvalue weighted by molar-refractivity contribution is -0.142. The van der Waals surface area contributed by atoms with Crippen LogP contribution < -0.4 is 5.32 Å². The number of carbonyl (C=O) groups excluding carboxylic acids is 1.